The Labute approximate surface area is 455 Å². The SMILES string of the molecule is COc1cc(C(c2cc(OC)c(OC)cc2[N+](=O)[O-])C(C)C)c([N+](=O)[O-])cc1OC.COc1cc(CC(C)C)c([N+](=O)[O-])cc1OC.COc1cc(CC(C)C)c([N+](=O)[O-])cc1OC.Cc1cc2c(cc1CC(C)C)OCO2. The fourth-order valence-electron chi connectivity index (χ4n) is 8.58. The van der Waals surface area contributed by atoms with Gasteiger partial charge < -0.3 is 47.4 Å². The molecule has 5 aromatic rings. The molecule has 5 aromatic carbocycles. The third kappa shape index (κ3) is 16.8. The van der Waals surface area contributed by atoms with Crippen molar-refractivity contribution in [3.05, 3.63) is 135 Å². The van der Waals surface area contributed by atoms with Crippen molar-refractivity contribution in [2.24, 2.45) is 23.7 Å². The summed E-state index contributed by atoms with van der Waals surface area (Å²) in [6, 6.07) is 15.9. The van der Waals surface area contributed by atoms with Gasteiger partial charge in [0.25, 0.3) is 22.7 Å². The van der Waals surface area contributed by atoms with Crippen molar-refractivity contribution >= 4 is 22.7 Å². The highest BCUT2D eigenvalue weighted by molar-refractivity contribution is 5.63. The summed E-state index contributed by atoms with van der Waals surface area (Å²) in [6.07, 6.45) is 2.37. The van der Waals surface area contributed by atoms with Crippen LogP contribution < -0.4 is 47.4 Å². The van der Waals surface area contributed by atoms with Crippen LogP contribution in [0.25, 0.3) is 0 Å². The highest BCUT2D eigenvalue weighted by Gasteiger charge is 2.35. The Morgan fingerprint density at radius 2 is 0.667 bits per heavy atom. The summed E-state index contributed by atoms with van der Waals surface area (Å²) in [4.78, 5) is 43.7. The van der Waals surface area contributed by atoms with Gasteiger partial charge in [-0.15, -0.1) is 0 Å². The van der Waals surface area contributed by atoms with E-state index in [-0.39, 0.29) is 72.6 Å². The van der Waals surface area contributed by atoms with Crippen LogP contribution in [0.1, 0.15) is 94.7 Å². The highest BCUT2D eigenvalue weighted by atomic mass is 16.7. The maximum absolute atomic E-state index is 11.8. The van der Waals surface area contributed by atoms with Gasteiger partial charge >= 0.3 is 0 Å². The van der Waals surface area contributed by atoms with Crippen molar-refractivity contribution in [2.45, 2.75) is 87.5 Å². The van der Waals surface area contributed by atoms with Crippen molar-refractivity contribution in [1.29, 1.82) is 0 Å². The van der Waals surface area contributed by atoms with Gasteiger partial charge in [-0.1, -0.05) is 55.4 Å². The number of ether oxygens (including phenoxy) is 10. The number of hydrogen-bond acceptors (Lipinski definition) is 18. The van der Waals surface area contributed by atoms with Crippen LogP contribution in [0.4, 0.5) is 22.7 Å². The zero-order chi connectivity index (χ0) is 58.7. The average Bonchev–Trinajstić information content (AvgIpc) is 3.85. The summed E-state index contributed by atoms with van der Waals surface area (Å²) in [5, 5.41) is 45.6. The minimum atomic E-state index is -0.703. The van der Waals surface area contributed by atoms with Crippen LogP contribution in [-0.4, -0.2) is 83.4 Å². The van der Waals surface area contributed by atoms with Crippen LogP contribution in [0.2, 0.25) is 0 Å². The van der Waals surface area contributed by atoms with Gasteiger partial charge in [-0.05, 0) is 97.4 Å². The van der Waals surface area contributed by atoms with E-state index in [9.17, 15) is 40.5 Å². The molecule has 0 atom stereocenters. The van der Waals surface area contributed by atoms with E-state index < -0.39 is 15.8 Å². The van der Waals surface area contributed by atoms with Crippen LogP contribution >= 0.6 is 0 Å². The molecule has 6 rings (SSSR count). The van der Waals surface area contributed by atoms with Crippen molar-refractivity contribution in [1.82, 2.24) is 0 Å². The van der Waals surface area contributed by atoms with E-state index in [1.54, 1.807) is 12.1 Å². The highest BCUT2D eigenvalue weighted by Crippen LogP contribution is 2.48. The third-order valence-corrected chi connectivity index (χ3v) is 12.1. The molecule has 0 aliphatic carbocycles. The van der Waals surface area contributed by atoms with Gasteiger partial charge in [0.15, 0.2) is 57.5 Å². The fourth-order valence-corrected chi connectivity index (χ4v) is 8.58. The summed E-state index contributed by atoms with van der Waals surface area (Å²) >= 11 is 0. The number of aryl methyl sites for hydroxylation is 1. The minimum Gasteiger partial charge on any atom is -0.493 e. The molecule has 1 aliphatic heterocycles. The number of fused-ring (bicyclic) bond motifs is 1. The zero-order valence-corrected chi connectivity index (χ0v) is 47.6. The average molecular weight is 1090 g/mol. The van der Waals surface area contributed by atoms with Gasteiger partial charge in [0.1, 0.15) is 0 Å². The molecular weight excluding hydrogens is 1020 g/mol. The molecule has 1 heterocycles. The van der Waals surface area contributed by atoms with Gasteiger partial charge in [-0.25, -0.2) is 0 Å². The van der Waals surface area contributed by atoms with Crippen molar-refractivity contribution in [3.8, 4) is 57.5 Å². The lowest BCUT2D eigenvalue weighted by molar-refractivity contribution is -0.387. The Bertz CT molecular complexity index is 2710. The quantitative estimate of drug-likeness (QED) is 0.0488. The fraction of sp³-hybridized carbons (Fsp3) is 0.464. The molecule has 0 aromatic heterocycles. The normalized spacial score (nSPS) is 11.2. The smallest absolute Gasteiger partial charge is 0.277 e. The lowest BCUT2D eigenvalue weighted by atomic mass is 9.80. The van der Waals surface area contributed by atoms with Gasteiger partial charge in [-0.3, -0.25) is 40.5 Å². The Hall–Kier alpha value is -8.30. The van der Waals surface area contributed by atoms with Crippen LogP contribution in [0.3, 0.4) is 0 Å². The summed E-state index contributed by atoms with van der Waals surface area (Å²) < 4.78 is 52.1. The molecule has 0 fully saturated rings. The van der Waals surface area contributed by atoms with Gasteiger partial charge in [0.2, 0.25) is 6.79 Å². The van der Waals surface area contributed by atoms with E-state index in [1.165, 1.54) is 104 Å². The van der Waals surface area contributed by atoms with E-state index in [1.807, 2.05) is 41.5 Å². The first-order valence-electron chi connectivity index (χ1n) is 24.8. The van der Waals surface area contributed by atoms with E-state index in [0.717, 1.165) is 17.9 Å². The molecule has 0 spiro atoms. The second kappa shape index (κ2) is 29.9. The van der Waals surface area contributed by atoms with Crippen molar-refractivity contribution in [3.63, 3.8) is 0 Å². The summed E-state index contributed by atoms with van der Waals surface area (Å²) in [7, 11) is 11.5. The zero-order valence-electron chi connectivity index (χ0n) is 47.6. The first kappa shape index (κ1) is 64.0. The molecule has 22 nitrogen and oxygen atoms in total. The molecule has 1 aliphatic rings. The van der Waals surface area contributed by atoms with Crippen molar-refractivity contribution < 1.29 is 67.1 Å². The predicted octanol–water partition coefficient (Wildman–Crippen LogP) is 12.9. The standard InChI is InChI=1S/C20H24N2O8.2C12H17NO4.C12H16O2/c1-11(2)20(12-7-16(27-3)18(29-5)9-14(12)21(23)24)13-8-17(28-4)19(30-6)10-15(13)22(25)26;2*1-8(2)5-9-6-11(16-3)12(17-4)7-10(9)13(14)15;1-8(2)4-10-6-12-11(5-9(10)3)13-7-14-12/h7-11,20H,1-6H3;2*6-8H,5H2,1-4H3;5-6,8H,4,7H2,1-3H3. The molecule has 426 valence electrons. The van der Waals surface area contributed by atoms with Gasteiger partial charge in [0, 0.05) is 28.2 Å². The van der Waals surface area contributed by atoms with Crippen LogP contribution in [0, 0.1) is 71.1 Å². The van der Waals surface area contributed by atoms with Gasteiger partial charge in [0.05, 0.1) is 101 Å². The predicted molar refractivity (Wildman–Crippen MR) is 294 cm³/mol. The van der Waals surface area contributed by atoms with Crippen molar-refractivity contribution in [2.75, 3.05) is 63.7 Å². The number of rotatable bonds is 21. The van der Waals surface area contributed by atoms with Crippen LogP contribution in [0.15, 0.2) is 60.7 Å². The Kier molecular flexibility index (Phi) is 24.5. The molecule has 78 heavy (non-hydrogen) atoms. The Morgan fingerprint density at radius 3 is 0.949 bits per heavy atom. The first-order chi connectivity index (χ1) is 36.8. The second-order valence-corrected chi connectivity index (χ2v) is 19.4. The number of benzene rings is 5. The lowest BCUT2D eigenvalue weighted by Crippen LogP contribution is -2.14. The summed E-state index contributed by atoms with van der Waals surface area (Å²) in [5.41, 5.74) is 4.24. The number of hydrogen-bond donors (Lipinski definition) is 0. The third-order valence-electron chi connectivity index (χ3n) is 12.1. The second-order valence-electron chi connectivity index (χ2n) is 19.4. The number of nitrogens with zero attached hydrogens (tertiary/aromatic N) is 4. The summed E-state index contributed by atoms with van der Waals surface area (Å²) in [5.74, 6) is 4.95. The first-order valence-corrected chi connectivity index (χ1v) is 24.8. The number of nitro benzene ring substituents is 4. The molecule has 0 saturated heterocycles. The van der Waals surface area contributed by atoms with E-state index in [4.69, 9.17) is 47.4 Å². The molecule has 0 amide bonds. The van der Waals surface area contributed by atoms with Crippen LogP contribution in [0.5, 0.6) is 57.5 Å². The number of nitro groups is 4. The minimum absolute atomic E-state index is 0.0800. The maximum atomic E-state index is 11.8. The molecule has 22 heteroatoms. The number of methoxy groups -OCH3 is 8. The largest absolute Gasteiger partial charge is 0.493 e. The molecule has 0 bridgehead atoms. The van der Waals surface area contributed by atoms with Gasteiger partial charge in [-0.2, -0.15) is 0 Å². The van der Waals surface area contributed by atoms with E-state index >= 15 is 0 Å². The monoisotopic (exact) mass is 1090 g/mol. The molecule has 0 N–H and O–H groups in total. The molecular formula is C56H74N4O18. The molecule has 0 saturated carbocycles. The lowest BCUT2D eigenvalue weighted by Gasteiger charge is -2.24. The maximum Gasteiger partial charge on any atom is 0.277 e. The Morgan fingerprint density at radius 1 is 0.397 bits per heavy atom. The summed E-state index contributed by atoms with van der Waals surface area (Å²) in [6.45, 7) is 18.6. The topological polar surface area (TPSA) is 265 Å². The molecule has 0 unspecified atom stereocenters. The van der Waals surface area contributed by atoms with Crippen LogP contribution in [-0.2, 0) is 19.3 Å². The Balaban J connectivity index is 0.000000288. The van der Waals surface area contributed by atoms with E-state index in [0.29, 0.717) is 71.5 Å². The molecule has 0 radical (unpaired) electrons. The van der Waals surface area contributed by atoms with E-state index in [2.05, 4.69) is 32.9 Å².